The third-order valence-electron chi connectivity index (χ3n) is 2.55. The van der Waals surface area contributed by atoms with E-state index in [4.69, 9.17) is 11.6 Å². The van der Waals surface area contributed by atoms with Crippen molar-refractivity contribution in [1.29, 1.82) is 0 Å². The molecule has 0 aromatic heterocycles. The molecule has 0 fully saturated rings. The number of rotatable bonds is 3. The average molecular weight is 293 g/mol. The van der Waals surface area contributed by atoms with Crippen LogP contribution in [-0.4, -0.2) is 12.4 Å². The van der Waals surface area contributed by atoms with E-state index in [9.17, 15) is 8.78 Å². The summed E-state index contributed by atoms with van der Waals surface area (Å²) >= 11 is 5.74. The highest BCUT2D eigenvalue weighted by Gasteiger charge is 2.07. The van der Waals surface area contributed by atoms with Crippen molar-refractivity contribution in [3.05, 3.63) is 69.7 Å². The van der Waals surface area contributed by atoms with Crippen molar-refractivity contribution in [3.63, 3.8) is 0 Å². The molecule has 0 aliphatic rings. The summed E-state index contributed by atoms with van der Waals surface area (Å²) in [6.07, 6.45) is 2.52. The Hall–Kier alpha value is -2.07. The zero-order valence-corrected chi connectivity index (χ0v) is 11.4. The summed E-state index contributed by atoms with van der Waals surface area (Å²) in [5, 5.41) is 8.00. The van der Waals surface area contributed by atoms with Gasteiger partial charge in [0, 0.05) is 5.02 Å². The summed E-state index contributed by atoms with van der Waals surface area (Å²) < 4.78 is 27.0. The second-order valence-corrected chi connectivity index (χ2v) is 4.62. The van der Waals surface area contributed by atoms with E-state index in [1.807, 2.05) is 0 Å². The van der Waals surface area contributed by atoms with Crippen LogP contribution in [0.1, 0.15) is 16.7 Å². The number of halogens is 3. The summed E-state index contributed by atoms with van der Waals surface area (Å²) in [5.41, 5.74) is 1.10. The molecule has 0 N–H and O–H groups in total. The summed E-state index contributed by atoms with van der Waals surface area (Å²) in [6, 6.07) is 9.43. The van der Waals surface area contributed by atoms with E-state index < -0.39 is 11.6 Å². The van der Waals surface area contributed by atoms with Crippen molar-refractivity contribution in [2.75, 3.05) is 0 Å². The number of hydrogen-bond donors (Lipinski definition) is 0. The lowest BCUT2D eigenvalue weighted by molar-refractivity contribution is 0.578. The standard InChI is InChI=1S/C15H11ClF2N2/c1-10-6-14(17)13(15(18)7-10)9-20-19-8-11-2-4-12(16)5-3-11/h2-9H,1H3/b19-8+,20-9+. The van der Waals surface area contributed by atoms with E-state index in [1.165, 1.54) is 18.3 Å². The Morgan fingerprint density at radius 3 is 2.10 bits per heavy atom. The summed E-state index contributed by atoms with van der Waals surface area (Å²) in [6.45, 7) is 1.62. The van der Waals surface area contributed by atoms with Crippen LogP contribution in [0.5, 0.6) is 0 Å². The Kier molecular flexibility index (Phi) is 4.58. The molecular weight excluding hydrogens is 282 g/mol. The summed E-state index contributed by atoms with van der Waals surface area (Å²) in [7, 11) is 0. The molecule has 0 aliphatic carbocycles. The molecule has 0 unspecified atom stereocenters. The Balaban J connectivity index is 2.12. The van der Waals surface area contributed by atoms with Crippen LogP contribution in [0.2, 0.25) is 5.02 Å². The fraction of sp³-hybridized carbons (Fsp3) is 0.0667. The normalized spacial score (nSPS) is 11.6. The van der Waals surface area contributed by atoms with Crippen LogP contribution < -0.4 is 0 Å². The third kappa shape index (κ3) is 3.71. The van der Waals surface area contributed by atoms with E-state index >= 15 is 0 Å². The van der Waals surface area contributed by atoms with Gasteiger partial charge in [0.2, 0.25) is 0 Å². The topological polar surface area (TPSA) is 24.7 Å². The second-order valence-electron chi connectivity index (χ2n) is 4.18. The van der Waals surface area contributed by atoms with Crippen LogP contribution in [0.25, 0.3) is 0 Å². The molecule has 0 bridgehead atoms. The van der Waals surface area contributed by atoms with Crippen molar-refractivity contribution in [2.45, 2.75) is 6.92 Å². The first-order chi connectivity index (χ1) is 9.56. The molecule has 0 saturated heterocycles. The molecule has 2 aromatic carbocycles. The molecule has 0 radical (unpaired) electrons. The molecule has 0 heterocycles. The lowest BCUT2D eigenvalue weighted by Crippen LogP contribution is -1.95. The number of hydrogen-bond acceptors (Lipinski definition) is 2. The molecule has 0 saturated carbocycles. The SMILES string of the molecule is Cc1cc(F)c(/C=N/N=C/c2ccc(Cl)cc2)c(F)c1. The molecule has 5 heteroatoms. The Morgan fingerprint density at radius 1 is 0.950 bits per heavy atom. The first-order valence-corrected chi connectivity index (χ1v) is 6.21. The van der Waals surface area contributed by atoms with Crippen molar-refractivity contribution in [3.8, 4) is 0 Å². The van der Waals surface area contributed by atoms with Gasteiger partial charge in [-0.2, -0.15) is 10.2 Å². The zero-order valence-electron chi connectivity index (χ0n) is 10.6. The van der Waals surface area contributed by atoms with Gasteiger partial charge in [-0.1, -0.05) is 23.7 Å². The lowest BCUT2D eigenvalue weighted by atomic mass is 10.1. The van der Waals surface area contributed by atoms with E-state index in [-0.39, 0.29) is 5.56 Å². The van der Waals surface area contributed by atoms with E-state index in [1.54, 1.807) is 31.2 Å². The maximum Gasteiger partial charge on any atom is 0.135 e. The number of benzene rings is 2. The number of nitrogens with zero attached hydrogens (tertiary/aromatic N) is 2. The first-order valence-electron chi connectivity index (χ1n) is 5.84. The molecule has 2 rings (SSSR count). The van der Waals surface area contributed by atoms with Crippen LogP contribution >= 0.6 is 11.6 Å². The fourth-order valence-electron chi connectivity index (χ4n) is 1.57. The highest BCUT2D eigenvalue weighted by molar-refractivity contribution is 6.30. The predicted octanol–water partition coefficient (Wildman–Crippen LogP) is 4.38. The lowest BCUT2D eigenvalue weighted by Gasteiger charge is -1.99. The Morgan fingerprint density at radius 2 is 1.50 bits per heavy atom. The minimum atomic E-state index is -0.659. The minimum Gasteiger partial charge on any atom is -0.206 e. The maximum atomic E-state index is 13.5. The van der Waals surface area contributed by atoms with Crippen LogP contribution in [0.4, 0.5) is 8.78 Å². The minimum absolute atomic E-state index is 0.205. The van der Waals surface area contributed by atoms with Crippen molar-refractivity contribution in [1.82, 2.24) is 0 Å². The first kappa shape index (κ1) is 14.3. The van der Waals surface area contributed by atoms with Crippen LogP contribution in [-0.2, 0) is 0 Å². The van der Waals surface area contributed by atoms with Gasteiger partial charge in [-0.15, -0.1) is 0 Å². The van der Waals surface area contributed by atoms with Gasteiger partial charge < -0.3 is 0 Å². The van der Waals surface area contributed by atoms with Gasteiger partial charge in [-0.25, -0.2) is 8.78 Å². The molecule has 102 valence electrons. The summed E-state index contributed by atoms with van der Waals surface area (Å²) in [5.74, 6) is -1.32. The van der Waals surface area contributed by atoms with Gasteiger partial charge in [-0.3, -0.25) is 0 Å². The van der Waals surface area contributed by atoms with Gasteiger partial charge >= 0.3 is 0 Å². The third-order valence-corrected chi connectivity index (χ3v) is 2.81. The largest absolute Gasteiger partial charge is 0.206 e. The van der Waals surface area contributed by atoms with E-state index in [0.29, 0.717) is 10.6 Å². The van der Waals surface area contributed by atoms with Crippen LogP contribution in [0.3, 0.4) is 0 Å². The molecular formula is C15H11ClF2N2. The zero-order chi connectivity index (χ0) is 14.5. The fourth-order valence-corrected chi connectivity index (χ4v) is 1.70. The Labute approximate surface area is 120 Å². The van der Waals surface area contributed by atoms with E-state index in [0.717, 1.165) is 11.8 Å². The van der Waals surface area contributed by atoms with Crippen molar-refractivity contribution < 1.29 is 8.78 Å². The van der Waals surface area contributed by atoms with E-state index in [2.05, 4.69) is 10.2 Å². The summed E-state index contributed by atoms with van der Waals surface area (Å²) in [4.78, 5) is 0. The predicted molar refractivity (Wildman–Crippen MR) is 77.7 cm³/mol. The van der Waals surface area contributed by atoms with Crippen molar-refractivity contribution >= 4 is 24.0 Å². The maximum absolute atomic E-state index is 13.5. The van der Waals surface area contributed by atoms with Crippen LogP contribution in [0.15, 0.2) is 46.6 Å². The molecule has 0 atom stereocenters. The van der Waals surface area contributed by atoms with Gasteiger partial charge in [0.05, 0.1) is 18.0 Å². The molecule has 0 amide bonds. The molecule has 0 aliphatic heterocycles. The Bertz CT molecular complexity index is 641. The van der Waals surface area contributed by atoms with Gasteiger partial charge in [0.15, 0.2) is 0 Å². The second kappa shape index (κ2) is 6.39. The molecule has 2 aromatic rings. The highest BCUT2D eigenvalue weighted by Crippen LogP contribution is 2.13. The highest BCUT2D eigenvalue weighted by atomic mass is 35.5. The van der Waals surface area contributed by atoms with Crippen molar-refractivity contribution in [2.24, 2.45) is 10.2 Å². The number of aryl methyl sites for hydroxylation is 1. The smallest absolute Gasteiger partial charge is 0.135 e. The molecule has 0 spiro atoms. The molecule has 20 heavy (non-hydrogen) atoms. The van der Waals surface area contributed by atoms with Gasteiger partial charge in [0.1, 0.15) is 11.6 Å². The monoisotopic (exact) mass is 292 g/mol. The van der Waals surface area contributed by atoms with Crippen LogP contribution in [0, 0.1) is 18.6 Å². The molecule has 2 nitrogen and oxygen atoms in total. The van der Waals surface area contributed by atoms with Gasteiger partial charge in [-0.05, 0) is 42.3 Å². The van der Waals surface area contributed by atoms with Gasteiger partial charge in [0.25, 0.3) is 0 Å². The quantitative estimate of drug-likeness (QED) is 0.592. The average Bonchev–Trinajstić information content (AvgIpc) is 2.39.